The Bertz CT molecular complexity index is 1380. The van der Waals surface area contributed by atoms with Crippen LogP contribution in [0.25, 0.3) is 10.1 Å². The van der Waals surface area contributed by atoms with Gasteiger partial charge in [0, 0.05) is 10.1 Å². The Kier molecular flexibility index (Phi) is 7.80. The zero-order valence-corrected chi connectivity index (χ0v) is 20.7. The molecule has 0 aliphatic heterocycles. The second-order valence-corrected chi connectivity index (χ2v) is 9.44. The summed E-state index contributed by atoms with van der Waals surface area (Å²) in [5, 5.41) is 5.15. The third-order valence-corrected chi connectivity index (χ3v) is 6.76. The van der Waals surface area contributed by atoms with Crippen LogP contribution in [0.2, 0.25) is 5.02 Å². The smallest absolute Gasteiger partial charge is 0.355 e. The number of rotatable bonds is 8. The molecule has 0 radical (unpaired) electrons. The number of halogens is 1. The van der Waals surface area contributed by atoms with Gasteiger partial charge in [-0.05, 0) is 47.4 Å². The van der Waals surface area contributed by atoms with Gasteiger partial charge >= 0.3 is 5.97 Å². The van der Waals surface area contributed by atoms with E-state index in [9.17, 15) is 9.59 Å². The first-order chi connectivity index (χ1) is 16.9. The summed E-state index contributed by atoms with van der Waals surface area (Å²) in [6.45, 7) is 4.07. The molecule has 0 saturated heterocycles. The summed E-state index contributed by atoms with van der Waals surface area (Å²) in [5.74, 6) is 0.458. The standard InChI is InChI=1S/C27H23ClN2O4S/c1-17(2)19-10-12-20(13-11-19)33-16-24(31)30-29-15-18-6-5-7-21(14-18)34-27(32)26-25(28)22-8-3-4-9-23(22)35-26/h3-15,17H,16H2,1-2H3,(H,30,31)/b29-15+. The van der Waals surface area contributed by atoms with Gasteiger partial charge in [-0.1, -0.05) is 67.9 Å². The molecule has 1 amide bonds. The van der Waals surface area contributed by atoms with E-state index in [1.165, 1.54) is 23.1 Å². The molecule has 0 aliphatic carbocycles. The fourth-order valence-electron chi connectivity index (χ4n) is 3.27. The highest BCUT2D eigenvalue weighted by molar-refractivity contribution is 7.21. The topological polar surface area (TPSA) is 77.0 Å². The third kappa shape index (κ3) is 6.26. The largest absolute Gasteiger partial charge is 0.484 e. The van der Waals surface area contributed by atoms with Crippen molar-refractivity contribution in [2.75, 3.05) is 6.61 Å². The average molecular weight is 507 g/mol. The molecular weight excluding hydrogens is 484 g/mol. The predicted molar refractivity (Wildman–Crippen MR) is 140 cm³/mol. The summed E-state index contributed by atoms with van der Waals surface area (Å²) in [4.78, 5) is 25.0. The zero-order valence-electron chi connectivity index (χ0n) is 19.2. The highest BCUT2D eigenvalue weighted by Crippen LogP contribution is 2.35. The summed E-state index contributed by atoms with van der Waals surface area (Å²) < 4.78 is 11.9. The third-order valence-electron chi connectivity index (χ3n) is 5.11. The monoisotopic (exact) mass is 506 g/mol. The maximum absolute atomic E-state index is 12.7. The summed E-state index contributed by atoms with van der Waals surface area (Å²) in [5.41, 5.74) is 4.26. The lowest BCUT2D eigenvalue weighted by Crippen LogP contribution is -2.24. The van der Waals surface area contributed by atoms with Crippen LogP contribution in [0.3, 0.4) is 0 Å². The van der Waals surface area contributed by atoms with Gasteiger partial charge in [0.2, 0.25) is 0 Å². The van der Waals surface area contributed by atoms with E-state index in [1.54, 1.807) is 24.3 Å². The van der Waals surface area contributed by atoms with E-state index < -0.39 is 11.9 Å². The fraction of sp³-hybridized carbons (Fsp3) is 0.148. The molecule has 1 aromatic heterocycles. The van der Waals surface area contributed by atoms with E-state index in [0.29, 0.717) is 32.9 Å². The number of benzene rings is 3. The van der Waals surface area contributed by atoms with Gasteiger partial charge < -0.3 is 9.47 Å². The van der Waals surface area contributed by atoms with Crippen LogP contribution in [0.5, 0.6) is 11.5 Å². The number of ether oxygens (including phenoxy) is 2. The Balaban J connectivity index is 1.31. The van der Waals surface area contributed by atoms with E-state index in [1.807, 2.05) is 48.5 Å². The maximum Gasteiger partial charge on any atom is 0.355 e. The van der Waals surface area contributed by atoms with Gasteiger partial charge in [0.25, 0.3) is 5.91 Å². The van der Waals surface area contributed by atoms with Crippen molar-refractivity contribution in [3.05, 3.63) is 93.8 Å². The molecule has 0 bridgehead atoms. The maximum atomic E-state index is 12.7. The number of amides is 1. The minimum atomic E-state index is -0.530. The van der Waals surface area contributed by atoms with Crippen molar-refractivity contribution in [2.24, 2.45) is 5.10 Å². The van der Waals surface area contributed by atoms with Crippen LogP contribution >= 0.6 is 22.9 Å². The van der Waals surface area contributed by atoms with Crippen LogP contribution in [0, 0.1) is 0 Å². The van der Waals surface area contributed by atoms with Crippen molar-refractivity contribution in [3.63, 3.8) is 0 Å². The molecule has 1 N–H and O–H groups in total. The van der Waals surface area contributed by atoms with Crippen LogP contribution in [0.4, 0.5) is 0 Å². The zero-order chi connectivity index (χ0) is 24.8. The first kappa shape index (κ1) is 24.4. The predicted octanol–water partition coefficient (Wildman–Crippen LogP) is 6.43. The fourth-order valence-corrected chi connectivity index (χ4v) is 4.65. The molecule has 0 aliphatic rings. The molecule has 4 rings (SSSR count). The van der Waals surface area contributed by atoms with Crippen LogP contribution in [-0.2, 0) is 4.79 Å². The molecule has 178 valence electrons. The summed E-state index contributed by atoms with van der Waals surface area (Å²) in [6.07, 6.45) is 1.46. The van der Waals surface area contributed by atoms with Crippen molar-refractivity contribution in [2.45, 2.75) is 19.8 Å². The Morgan fingerprint density at radius 3 is 2.54 bits per heavy atom. The summed E-state index contributed by atoms with van der Waals surface area (Å²) in [6, 6.07) is 22.0. The second kappa shape index (κ2) is 11.2. The molecule has 35 heavy (non-hydrogen) atoms. The van der Waals surface area contributed by atoms with Crippen LogP contribution < -0.4 is 14.9 Å². The van der Waals surface area contributed by atoms with Gasteiger partial charge in [-0.15, -0.1) is 11.3 Å². The first-order valence-electron chi connectivity index (χ1n) is 10.9. The highest BCUT2D eigenvalue weighted by atomic mass is 35.5. The van der Waals surface area contributed by atoms with E-state index in [-0.39, 0.29) is 6.61 Å². The number of fused-ring (bicyclic) bond motifs is 1. The molecule has 3 aromatic carbocycles. The van der Waals surface area contributed by atoms with E-state index >= 15 is 0 Å². The van der Waals surface area contributed by atoms with Crippen molar-refractivity contribution in [1.29, 1.82) is 0 Å². The van der Waals surface area contributed by atoms with Crippen molar-refractivity contribution in [1.82, 2.24) is 5.43 Å². The lowest BCUT2D eigenvalue weighted by molar-refractivity contribution is -0.123. The lowest BCUT2D eigenvalue weighted by atomic mass is 10.0. The Morgan fingerprint density at radius 1 is 1.03 bits per heavy atom. The second-order valence-electron chi connectivity index (χ2n) is 8.01. The van der Waals surface area contributed by atoms with Gasteiger partial charge in [-0.3, -0.25) is 4.79 Å². The first-order valence-corrected chi connectivity index (χ1v) is 12.1. The number of esters is 1. The van der Waals surface area contributed by atoms with Crippen molar-refractivity contribution < 1.29 is 19.1 Å². The molecule has 0 atom stereocenters. The number of hydrogen-bond acceptors (Lipinski definition) is 6. The highest BCUT2D eigenvalue weighted by Gasteiger charge is 2.19. The van der Waals surface area contributed by atoms with Crippen LogP contribution in [0.1, 0.15) is 40.6 Å². The van der Waals surface area contributed by atoms with Crippen LogP contribution in [-0.4, -0.2) is 24.7 Å². The Hall–Kier alpha value is -3.68. The molecule has 0 fully saturated rings. The van der Waals surface area contributed by atoms with Gasteiger partial charge in [0.05, 0.1) is 11.2 Å². The summed E-state index contributed by atoms with van der Waals surface area (Å²) in [7, 11) is 0. The van der Waals surface area contributed by atoms with Gasteiger partial charge in [-0.25, -0.2) is 10.2 Å². The molecular formula is C27H23ClN2O4S. The van der Waals surface area contributed by atoms with E-state index in [0.717, 1.165) is 10.1 Å². The molecule has 6 nitrogen and oxygen atoms in total. The number of hydrogen-bond donors (Lipinski definition) is 1. The minimum Gasteiger partial charge on any atom is -0.484 e. The summed E-state index contributed by atoms with van der Waals surface area (Å²) >= 11 is 7.65. The van der Waals surface area contributed by atoms with Gasteiger partial charge in [0.1, 0.15) is 16.4 Å². The number of hydrazone groups is 1. The molecule has 0 unspecified atom stereocenters. The normalized spacial score (nSPS) is 11.2. The number of thiophene rings is 1. The SMILES string of the molecule is CC(C)c1ccc(OCC(=O)N/N=C/c2cccc(OC(=O)c3sc4ccccc4c3Cl)c2)cc1. The van der Waals surface area contributed by atoms with Gasteiger partial charge in [0.15, 0.2) is 6.61 Å². The van der Waals surface area contributed by atoms with E-state index in [4.69, 9.17) is 21.1 Å². The quantitative estimate of drug-likeness (QED) is 0.129. The molecule has 1 heterocycles. The number of nitrogens with one attached hydrogen (secondary N) is 1. The van der Waals surface area contributed by atoms with Crippen molar-refractivity contribution >= 4 is 51.1 Å². The number of carbonyl (C=O) groups is 2. The number of nitrogens with zero attached hydrogens (tertiary/aromatic N) is 1. The average Bonchev–Trinajstić information content (AvgIpc) is 3.20. The Labute approximate surface area is 212 Å². The minimum absolute atomic E-state index is 0.161. The molecule has 8 heteroatoms. The molecule has 0 spiro atoms. The van der Waals surface area contributed by atoms with E-state index in [2.05, 4.69) is 24.4 Å². The Morgan fingerprint density at radius 2 is 1.80 bits per heavy atom. The van der Waals surface area contributed by atoms with Crippen molar-refractivity contribution in [3.8, 4) is 11.5 Å². The number of carbonyl (C=O) groups excluding carboxylic acids is 2. The van der Waals surface area contributed by atoms with Crippen LogP contribution in [0.15, 0.2) is 77.9 Å². The molecule has 4 aromatic rings. The van der Waals surface area contributed by atoms with Gasteiger partial charge in [-0.2, -0.15) is 5.10 Å². The molecule has 0 saturated carbocycles. The lowest BCUT2D eigenvalue weighted by Gasteiger charge is -2.08.